The van der Waals surface area contributed by atoms with Crippen molar-refractivity contribution in [3.8, 4) is 0 Å². The number of halogens is 1. The van der Waals surface area contributed by atoms with Gasteiger partial charge in [0.1, 0.15) is 6.04 Å². The zero-order chi connectivity index (χ0) is 21.3. The van der Waals surface area contributed by atoms with Crippen LogP contribution in [0.25, 0.3) is 0 Å². The summed E-state index contributed by atoms with van der Waals surface area (Å²) in [6, 6.07) is 26.2. The van der Waals surface area contributed by atoms with Crippen LogP contribution >= 0.6 is 11.6 Å². The average Bonchev–Trinajstić information content (AvgIpc) is 2.77. The van der Waals surface area contributed by atoms with E-state index in [4.69, 9.17) is 11.6 Å². The van der Waals surface area contributed by atoms with Crippen LogP contribution in [0.2, 0.25) is 5.02 Å². The van der Waals surface area contributed by atoms with Crippen molar-refractivity contribution in [2.75, 3.05) is 0 Å². The standard InChI is InChI=1S/C25H25ClN2O2/c1-19(29)28(18-22-12-14-23(26)15-13-22)24(16-20-8-4-2-5-9-20)25(30)27-17-21-10-6-3-7-11-21/h2-15,24H,16-18H2,1H3,(H,27,30). The number of carbonyl (C=O) groups excluding carboxylic acids is 2. The number of hydrogen-bond acceptors (Lipinski definition) is 2. The Labute approximate surface area is 182 Å². The van der Waals surface area contributed by atoms with E-state index in [-0.39, 0.29) is 11.8 Å². The SMILES string of the molecule is CC(=O)N(Cc1ccc(Cl)cc1)C(Cc1ccccc1)C(=O)NCc1ccccc1. The molecule has 0 aliphatic carbocycles. The summed E-state index contributed by atoms with van der Waals surface area (Å²) >= 11 is 5.99. The van der Waals surface area contributed by atoms with E-state index in [9.17, 15) is 9.59 Å². The summed E-state index contributed by atoms with van der Waals surface area (Å²) in [5.41, 5.74) is 2.93. The quantitative estimate of drug-likeness (QED) is 0.578. The third kappa shape index (κ3) is 6.19. The first kappa shape index (κ1) is 21.6. The Morgan fingerprint density at radius 3 is 1.97 bits per heavy atom. The summed E-state index contributed by atoms with van der Waals surface area (Å²) in [5, 5.41) is 3.63. The van der Waals surface area contributed by atoms with Gasteiger partial charge in [0.25, 0.3) is 0 Å². The van der Waals surface area contributed by atoms with Crippen molar-refractivity contribution in [3.05, 3.63) is 107 Å². The first-order valence-electron chi connectivity index (χ1n) is 9.90. The largest absolute Gasteiger partial charge is 0.350 e. The molecule has 0 aromatic heterocycles. The summed E-state index contributed by atoms with van der Waals surface area (Å²) in [6.45, 7) is 2.25. The molecule has 0 bridgehead atoms. The molecule has 0 saturated heterocycles. The van der Waals surface area contributed by atoms with Crippen LogP contribution in [0.4, 0.5) is 0 Å². The average molecular weight is 421 g/mol. The minimum atomic E-state index is -0.621. The third-order valence-corrected chi connectivity index (χ3v) is 5.18. The second-order valence-electron chi connectivity index (χ2n) is 7.18. The summed E-state index contributed by atoms with van der Waals surface area (Å²) in [5.74, 6) is -0.326. The molecular weight excluding hydrogens is 396 g/mol. The molecule has 1 unspecified atom stereocenters. The second kappa shape index (κ2) is 10.6. The van der Waals surface area contributed by atoms with Crippen molar-refractivity contribution in [3.63, 3.8) is 0 Å². The normalized spacial score (nSPS) is 11.5. The topological polar surface area (TPSA) is 49.4 Å². The van der Waals surface area contributed by atoms with Gasteiger partial charge in [0, 0.05) is 31.5 Å². The molecule has 0 heterocycles. The Kier molecular flexibility index (Phi) is 7.63. The molecular formula is C25H25ClN2O2. The molecule has 3 rings (SSSR count). The predicted octanol–water partition coefficient (Wildman–Crippen LogP) is 4.62. The molecule has 0 aliphatic rings. The van der Waals surface area contributed by atoms with Gasteiger partial charge in [0.15, 0.2) is 0 Å². The monoisotopic (exact) mass is 420 g/mol. The Morgan fingerprint density at radius 1 is 0.833 bits per heavy atom. The van der Waals surface area contributed by atoms with E-state index < -0.39 is 6.04 Å². The van der Waals surface area contributed by atoms with Gasteiger partial charge in [0.05, 0.1) is 0 Å². The molecule has 3 aromatic carbocycles. The number of carbonyl (C=O) groups is 2. The number of nitrogens with zero attached hydrogens (tertiary/aromatic N) is 1. The summed E-state index contributed by atoms with van der Waals surface area (Å²) in [7, 11) is 0. The van der Waals surface area contributed by atoms with Crippen LogP contribution in [0.5, 0.6) is 0 Å². The van der Waals surface area contributed by atoms with Crippen molar-refractivity contribution in [1.82, 2.24) is 10.2 Å². The van der Waals surface area contributed by atoms with Crippen molar-refractivity contribution < 1.29 is 9.59 Å². The highest BCUT2D eigenvalue weighted by Crippen LogP contribution is 2.16. The predicted molar refractivity (Wildman–Crippen MR) is 120 cm³/mol. The van der Waals surface area contributed by atoms with E-state index in [0.717, 1.165) is 16.7 Å². The maximum Gasteiger partial charge on any atom is 0.243 e. The van der Waals surface area contributed by atoms with Crippen LogP contribution < -0.4 is 5.32 Å². The van der Waals surface area contributed by atoms with Gasteiger partial charge in [-0.2, -0.15) is 0 Å². The molecule has 0 radical (unpaired) electrons. The molecule has 0 saturated carbocycles. The molecule has 154 valence electrons. The fourth-order valence-electron chi connectivity index (χ4n) is 3.31. The number of rotatable bonds is 8. The Balaban J connectivity index is 1.82. The van der Waals surface area contributed by atoms with E-state index >= 15 is 0 Å². The van der Waals surface area contributed by atoms with Crippen molar-refractivity contribution in [2.24, 2.45) is 0 Å². The van der Waals surface area contributed by atoms with E-state index in [1.54, 1.807) is 17.0 Å². The molecule has 0 spiro atoms. The minimum Gasteiger partial charge on any atom is -0.350 e. The lowest BCUT2D eigenvalue weighted by molar-refractivity contribution is -0.139. The molecule has 0 fully saturated rings. The van der Waals surface area contributed by atoms with Crippen LogP contribution in [0, 0.1) is 0 Å². The highest BCUT2D eigenvalue weighted by molar-refractivity contribution is 6.30. The van der Waals surface area contributed by atoms with Gasteiger partial charge < -0.3 is 10.2 Å². The van der Waals surface area contributed by atoms with Gasteiger partial charge in [-0.1, -0.05) is 84.4 Å². The van der Waals surface area contributed by atoms with Gasteiger partial charge in [-0.3, -0.25) is 9.59 Å². The highest BCUT2D eigenvalue weighted by Gasteiger charge is 2.28. The van der Waals surface area contributed by atoms with Gasteiger partial charge in [-0.15, -0.1) is 0 Å². The van der Waals surface area contributed by atoms with Crippen molar-refractivity contribution >= 4 is 23.4 Å². The molecule has 0 aliphatic heterocycles. The minimum absolute atomic E-state index is 0.152. The fraction of sp³-hybridized carbons (Fsp3) is 0.200. The maximum atomic E-state index is 13.2. The van der Waals surface area contributed by atoms with E-state index in [1.165, 1.54) is 6.92 Å². The van der Waals surface area contributed by atoms with Crippen LogP contribution in [0.1, 0.15) is 23.6 Å². The first-order chi connectivity index (χ1) is 14.5. The molecule has 4 nitrogen and oxygen atoms in total. The van der Waals surface area contributed by atoms with E-state index in [2.05, 4.69) is 5.32 Å². The number of nitrogens with one attached hydrogen (secondary N) is 1. The van der Waals surface area contributed by atoms with Crippen LogP contribution in [-0.2, 0) is 29.1 Å². The number of benzene rings is 3. The van der Waals surface area contributed by atoms with Crippen LogP contribution in [0.3, 0.4) is 0 Å². The van der Waals surface area contributed by atoms with Gasteiger partial charge in [0.2, 0.25) is 11.8 Å². The Bertz CT molecular complexity index is 959. The first-order valence-corrected chi connectivity index (χ1v) is 10.3. The lowest BCUT2D eigenvalue weighted by Crippen LogP contribution is -2.49. The lowest BCUT2D eigenvalue weighted by Gasteiger charge is -2.30. The summed E-state index contributed by atoms with van der Waals surface area (Å²) < 4.78 is 0. The van der Waals surface area contributed by atoms with Crippen LogP contribution in [0.15, 0.2) is 84.9 Å². The van der Waals surface area contributed by atoms with Crippen molar-refractivity contribution in [2.45, 2.75) is 32.5 Å². The molecule has 5 heteroatoms. The van der Waals surface area contributed by atoms with E-state index in [0.29, 0.717) is 24.5 Å². The van der Waals surface area contributed by atoms with Crippen LogP contribution in [-0.4, -0.2) is 22.8 Å². The zero-order valence-corrected chi connectivity index (χ0v) is 17.7. The molecule has 2 amide bonds. The number of amides is 2. The summed E-state index contributed by atoms with van der Waals surface area (Å²) in [4.78, 5) is 27.4. The van der Waals surface area contributed by atoms with Gasteiger partial charge in [-0.25, -0.2) is 0 Å². The second-order valence-corrected chi connectivity index (χ2v) is 7.62. The molecule has 3 aromatic rings. The van der Waals surface area contributed by atoms with Crippen molar-refractivity contribution in [1.29, 1.82) is 0 Å². The lowest BCUT2D eigenvalue weighted by atomic mass is 10.0. The molecule has 1 atom stereocenters. The summed E-state index contributed by atoms with van der Waals surface area (Å²) in [6.07, 6.45) is 0.439. The maximum absolute atomic E-state index is 13.2. The molecule has 30 heavy (non-hydrogen) atoms. The Hall–Kier alpha value is -3.11. The highest BCUT2D eigenvalue weighted by atomic mass is 35.5. The smallest absolute Gasteiger partial charge is 0.243 e. The Morgan fingerprint density at radius 2 is 1.40 bits per heavy atom. The van der Waals surface area contributed by atoms with Gasteiger partial charge >= 0.3 is 0 Å². The third-order valence-electron chi connectivity index (χ3n) is 4.93. The fourth-order valence-corrected chi connectivity index (χ4v) is 3.44. The number of hydrogen-bond donors (Lipinski definition) is 1. The zero-order valence-electron chi connectivity index (χ0n) is 16.9. The van der Waals surface area contributed by atoms with E-state index in [1.807, 2.05) is 72.8 Å². The van der Waals surface area contributed by atoms with Gasteiger partial charge in [-0.05, 0) is 28.8 Å². The molecule has 1 N–H and O–H groups in total.